The Morgan fingerprint density at radius 3 is 2.29 bits per heavy atom. The van der Waals surface area contributed by atoms with Gasteiger partial charge in [0.2, 0.25) is 16.9 Å². The minimum absolute atomic E-state index is 0.122. The summed E-state index contributed by atoms with van der Waals surface area (Å²) >= 11 is 0. The van der Waals surface area contributed by atoms with Gasteiger partial charge in [-0.05, 0) is 18.2 Å². The lowest BCUT2D eigenvalue weighted by Gasteiger charge is -2.11. The highest BCUT2D eigenvalue weighted by Crippen LogP contribution is 2.43. The Hall–Kier alpha value is -3.64. The van der Waals surface area contributed by atoms with Crippen LogP contribution in [0.1, 0.15) is 0 Å². The maximum Gasteiger partial charge on any atom is 0.446 e. The second-order valence-electron chi connectivity index (χ2n) is 5.45. The molecule has 1 heterocycles. The topological polar surface area (TPSA) is 184 Å². The number of hydrogen-bond donors (Lipinski definition) is 5. The van der Waals surface area contributed by atoms with Crippen molar-refractivity contribution in [2.45, 2.75) is 0 Å². The maximum absolute atomic E-state index is 12.5. The fourth-order valence-electron chi connectivity index (χ4n) is 2.53. The molecule has 0 aliphatic carbocycles. The summed E-state index contributed by atoms with van der Waals surface area (Å²) in [6.07, 6.45) is 0. The molecule has 0 aliphatic heterocycles. The molecule has 0 amide bonds. The summed E-state index contributed by atoms with van der Waals surface area (Å²) in [5, 5.41) is 39.3. The zero-order valence-corrected chi connectivity index (χ0v) is 14.7. The Labute approximate surface area is 156 Å². The summed E-state index contributed by atoms with van der Waals surface area (Å²) in [6.45, 7) is 0. The van der Waals surface area contributed by atoms with Crippen molar-refractivity contribution < 1.29 is 46.7 Å². The number of phenolic OH excluding ortho intramolecular Hbond substituents is 3. The van der Waals surface area contributed by atoms with Gasteiger partial charge in [0.05, 0.1) is 7.11 Å². The molecule has 0 spiro atoms. The van der Waals surface area contributed by atoms with Crippen LogP contribution in [0.5, 0.6) is 34.5 Å². The number of aromatic hydroxyl groups is 4. The maximum atomic E-state index is 12.5. The van der Waals surface area contributed by atoms with Crippen LogP contribution < -0.4 is 14.3 Å². The number of phenols is 3. The van der Waals surface area contributed by atoms with Gasteiger partial charge < -0.3 is 33.8 Å². The van der Waals surface area contributed by atoms with Crippen molar-refractivity contribution in [2.75, 3.05) is 7.11 Å². The van der Waals surface area contributed by atoms with Gasteiger partial charge in [0.15, 0.2) is 28.8 Å². The Kier molecular flexibility index (Phi) is 4.45. The summed E-state index contributed by atoms with van der Waals surface area (Å²) in [5.74, 6) is -4.52. The molecule has 2 aromatic carbocycles. The van der Waals surface area contributed by atoms with Crippen LogP contribution in [-0.4, -0.2) is 40.5 Å². The monoisotopic (exact) mass is 412 g/mol. The van der Waals surface area contributed by atoms with Crippen molar-refractivity contribution in [3.8, 4) is 45.8 Å². The van der Waals surface area contributed by atoms with E-state index in [4.69, 9.17) is 13.7 Å². The van der Waals surface area contributed by atoms with Crippen molar-refractivity contribution in [1.82, 2.24) is 0 Å². The fraction of sp³-hybridized carbons (Fsp3) is 0.0625. The van der Waals surface area contributed by atoms with Gasteiger partial charge in [0.1, 0.15) is 11.0 Å². The lowest BCUT2D eigenvalue weighted by Crippen LogP contribution is -2.07. The van der Waals surface area contributed by atoms with Crippen LogP contribution in [0.3, 0.4) is 0 Å². The van der Waals surface area contributed by atoms with Crippen LogP contribution in [0.25, 0.3) is 22.3 Å². The van der Waals surface area contributed by atoms with Crippen LogP contribution in [-0.2, 0) is 10.4 Å². The van der Waals surface area contributed by atoms with Crippen molar-refractivity contribution in [3.05, 3.63) is 34.5 Å². The molecule has 0 radical (unpaired) electrons. The van der Waals surface area contributed by atoms with Crippen molar-refractivity contribution in [1.29, 1.82) is 0 Å². The Morgan fingerprint density at radius 2 is 1.68 bits per heavy atom. The van der Waals surface area contributed by atoms with Gasteiger partial charge in [-0.3, -0.25) is 9.35 Å². The average molecular weight is 412 g/mol. The van der Waals surface area contributed by atoms with Crippen LogP contribution in [0.4, 0.5) is 0 Å². The van der Waals surface area contributed by atoms with Crippen LogP contribution in [0.2, 0.25) is 0 Å². The molecule has 12 heteroatoms. The summed E-state index contributed by atoms with van der Waals surface area (Å²) in [6, 6.07) is 3.95. The predicted molar refractivity (Wildman–Crippen MR) is 93.3 cm³/mol. The minimum Gasteiger partial charge on any atom is -0.504 e. The molecule has 0 bridgehead atoms. The molecule has 3 aromatic rings. The first-order valence-electron chi connectivity index (χ1n) is 7.32. The average Bonchev–Trinajstić information content (AvgIpc) is 2.59. The van der Waals surface area contributed by atoms with E-state index in [0.29, 0.717) is 0 Å². The number of methoxy groups -OCH3 is 1. The first-order valence-corrected chi connectivity index (χ1v) is 8.69. The second kappa shape index (κ2) is 6.51. The molecule has 0 fully saturated rings. The van der Waals surface area contributed by atoms with Gasteiger partial charge in [-0.1, -0.05) is 0 Å². The number of hydrogen-bond acceptors (Lipinski definition) is 10. The first kappa shape index (κ1) is 19.1. The molecule has 0 aliphatic rings. The van der Waals surface area contributed by atoms with Gasteiger partial charge in [0.25, 0.3) is 0 Å². The standard InChI is InChI=1S/C16H12O11S/c1-25-16-8(18)5-10-11(13(16)20)12(19)14(21)15(26-10)6-2-3-7(17)9(4-6)27-28(22,23)24/h2-5,17-18,20-21H,1H3,(H,22,23,24). The Bertz CT molecular complexity index is 1260. The third-order valence-corrected chi connectivity index (χ3v) is 4.08. The number of ether oxygens (including phenoxy) is 1. The van der Waals surface area contributed by atoms with E-state index < -0.39 is 61.5 Å². The van der Waals surface area contributed by atoms with E-state index in [-0.39, 0.29) is 11.1 Å². The van der Waals surface area contributed by atoms with Crippen molar-refractivity contribution >= 4 is 21.4 Å². The number of rotatable bonds is 4. The van der Waals surface area contributed by atoms with E-state index in [1.165, 1.54) is 0 Å². The summed E-state index contributed by atoms with van der Waals surface area (Å²) in [7, 11) is -3.82. The summed E-state index contributed by atoms with van der Waals surface area (Å²) in [5.41, 5.74) is -1.51. The zero-order valence-electron chi connectivity index (χ0n) is 13.9. The van der Waals surface area contributed by atoms with Crippen molar-refractivity contribution in [3.63, 3.8) is 0 Å². The van der Waals surface area contributed by atoms with E-state index in [9.17, 15) is 33.6 Å². The smallest absolute Gasteiger partial charge is 0.446 e. The highest BCUT2D eigenvalue weighted by atomic mass is 32.3. The van der Waals surface area contributed by atoms with Gasteiger partial charge >= 0.3 is 10.4 Å². The lowest BCUT2D eigenvalue weighted by atomic mass is 10.1. The molecular formula is C16H12O11S. The van der Waals surface area contributed by atoms with Crippen LogP contribution in [0, 0.1) is 0 Å². The lowest BCUT2D eigenvalue weighted by molar-refractivity contribution is 0.346. The van der Waals surface area contributed by atoms with E-state index >= 15 is 0 Å². The minimum atomic E-state index is -4.97. The molecule has 0 saturated heterocycles. The van der Waals surface area contributed by atoms with Gasteiger partial charge in [-0.2, -0.15) is 8.42 Å². The molecule has 5 N–H and O–H groups in total. The molecule has 3 rings (SSSR count). The second-order valence-corrected chi connectivity index (χ2v) is 6.48. The largest absolute Gasteiger partial charge is 0.504 e. The van der Waals surface area contributed by atoms with E-state index in [2.05, 4.69) is 4.18 Å². The third-order valence-electron chi connectivity index (χ3n) is 3.69. The van der Waals surface area contributed by atoms with E-state index in [0.717, 1.165) is 31.4 Å². The van der Waals surface area contributed by atoms with Crippen LogP contribution >= 0.6 is 0 Å². The van der Waals surface area contributed by atoms with Gasteiger partial charge in [0, 0.05) is 11.6 Å². The SMILES string of the molecule is COc1c(O)cc2oc(-c3ccc(O)c(OS(=O)(=O)O)c3)c(O)c(=O)c2c1O. The molecule has 148 valence electrons. The van der Waals surface area contributed by atoms with E-state index in [1.807, 2.05) is 0 Å². The molecule has 1 aromatic heterocycles. The van der Waals surface area contributed by atoms with Crippen LogP contribution in [0.15, 0.2) is 33.5 Å². The number of benzene rings is 2. The fourth-order valence-corrected chi connectivity index (χ4v) is 2.89. The Morgan fingerprint density at radius 1 is 1.00 bits per heavy atom. The Balaban J connectivity index is 2.29. The molecular weight excluding hydrogens is 400 g/mol. The predicted octanol–water partition coefficient (Wildman–Crippen LogP) is 1.47. The zero-order chi connectivity index (χ0) is 20.8. The summed E-state index contributed by atoms with van der Waals surface area (Å²) in [4.78, 5) is 12.5. The van der Waals surface area contributed by atoms with Gasteiger partial charge in [-0.15, -0.1) is 0 Å². The molecule has 0 unspecified atom stereocenters. The highest BCUT2D eigenvalue weighted by Gasteiger charge is 2.23. The molecule has 0 saturated carbocycles. The molecule has 0 atom stereocenters. The van der Waals surface area contributed by atoms with Crippen molar-refractivity contribution in [2.24, 2.45) is 0 Å². The van der Waals surface area contributed by atoms with Gasteiger partial charge in [-0.25, -0.2) is 0 Å². The highest BCUT2D eigenvalue weighted by molar-refractivity contribution is 7.81. The molecule has 11 nitrogen and oxygen atoms in total. The van der Waals surface area contributed by atoms with E-state index in [1.54, 1.807) is 0 Å². The summed E-state index contributed by atoms with van der Waals surface area (Å²) < 4.78 is 44.8. The number of fused-ring (bicyclic) bond motifs is 1. The first-order chi connectivity index (χ1) is 13.0. The third kappa shape index (κ3) is 3.21. The normalized spacial score (nSPS) is 11.5. The quantitative estimate of drug-likeness (QED) is 0.391. The molecule has 28 heavy (non-hydrogen) atoms.